The summed E-state index contributed by atoms with van der Waals surface area (Å²) >= 11 is 0. The standard InChI is InChI=1S/C16H23N/c1-11-3-6-14(7-4-11)12(2)17-16-10-13-5-8-15(16)9-13/h3-4,6-7,12-13,15-17H,5,8-10H2,1-2H3. The molecule has 4 unspecified atom stereocenters. The zero-order valence-electron chi connectivity index (χ0n) is 10.9. The lowest BCUT2D eigenvalue weighted by Gasteiger charge is -2.27. The molecule has 0 aromatic heterocycles. The van der Waals surface area contributed by atoms with Crippen LogP contribution >= 0.6 is 0 Å². The van der Waals surface area contributed by atoms with Gasteiger partial charge in [-0.3, -0.25) is 0 Å². The quantitative estimate of drug-likeness (QED) is 0.830. The third kappa shape index (κ3) is 2.26. The summed E-state index contributed by atoms with van der Waals surface area (Å²) in [5, 5.41) is 3.85. The van der Waals surface area contributed by atoms with Gasteiger partial charge in [0.2, 0.25) is 0 Å². The molecule has 1 nitrogen and oxygen atoms in total. The van der Waals surface area contributed by atoms with Crippen molar-refractivity contribution < 1.29 is 0 Å². The van der Waals surface area contributed by atoms with Gasteiger partial charge in [-0.05, 0) is 50.5 Å². The molecule has 2 aliphatic rings. The van der Waals surface area contributed by atoms with Crippen molar-refractivity contribution in [1.82, 2.24) is 5.32 Å². The number of rotatable bonds is 3. The van der Waals surface area contributed by atoms with E-state index in [4.69, 9.17) is 0 Å². The summed E-state index contributed by atoms with van der Waals surface area (Å²) in [5.74, 6) is 2.00. The van der Waals surface area contributed by atoms with E-state index in [1.807, 2.05) is 0 Å². The lowest BCUT2D eigenvalue weighted by Crippen LogP contribution is -2.35. The van der Waals surface area contributed by atoms with Crippen molar-refractivity contribution >= 4 is 0 Å². The zero-order chi connectivity index (χ0) is 11.8. The minimum absolute atomic E-state index is 0.500. The maximum absolute atomic E-state index is 3.85. The van der Waals surface area contributed by atoms with E-state index in [9.17, 15) is 0 Å². The van der Waals surface area contributed by atoms with Gasteiger partial charge in [0.25, 0.3) is 0 Å². The molecule has 0 amide bonds. The van der Waals surface area contributed by atoms with Crippen LogP contribution in [0.25, 0.3) is 0 Å². The fraction of sp³-hybridized carbons (Fsp3) is 0.625. The second kappa shape index (κ2) is 4.45. The molecule has 0 aliphatic heterocycles. The van der Waals surface area contributed by atoms with Crippen LogP contribution in [0.4, 0.5) is 0 Å². The molecule has 0 saturated heterocycles. The molecular weight excluding hydrogens is 206 g/mol. The third-order valence-corrected chi connectivity index (χ3v) is 4.78. The van der Waals surface area contributed by atoms with E-state index < -0.39 is 0 Å². The summed E-state index contributed by atoms with van der Waals surface area (Å²) in [6.07, 6.45) is 5.85. The first-order chi connectivity index (χ1) is 8.22. The molecular formula is C16H23N. The molecule has 92 valence electrons. The fourth-order valence-electron chi connectivity index (χ4n) is 3.72. The van der Waals surface area contributed by atoms with Crippen LogP contribution in [0.2, 0.25) is 0 Å². The topological polar surface area (TPSA) is 12.0 Å². The zero-order valence-corrected chi connectivity index (χ0v) is 10.9. The van der Waals surface area contributed by atoms with Crippen LogP contribution in [0.5, 0.6) is 0 Å². The first kappa shape index (κ1) is 11.3. The normalized spacial score (nSPS) is 32.9. The fourth-order valence-corrected chi connectivity index (χ4v) is 3.72. The Morgan fingerprint density at radius 3 is 2.47 bits per heavy atom. The van der Waals surface area contributed by atoms with Crippen LogP contribution < -0.4 is 5.32 Å². The second-order valence-corrected chi connectivity index (χ2v) is 6.08. The summed E-state index contributed by atoms with van der Waals surface area (Å²) in [6.45, 7) is 4.45. The summed E-state index contributed by atoms with van der Waals surface area (Å²) in [5.41, 5.74) is 2.78. The molecule has 2 aliphatic carbocycles. The highest BCUT2D eigenvalue weighted by atomic mass is 15.0. The molecule has 17 heavy (non-hydrogen) atoms. The van der Waals surface area contributed by atoms with E-state index >= 15 is 0 Å². The van der Waals surface area contributed by atoms with Crippen LogP contribution in [-0.4, -0.2) is 6.04 Å². The van der Waals surface area contributed by atoms with E-state index in [1.165, 1.54) is 36.8 Å². The van der Waals surface area contributed by atoms with Crippen molar-refractivity contribution in [3.8, 4) is 0 Å². The molecule has 3 rings (SSSR count). The first-order valence-corrected chi connectivity index (χ1v) is 7.05. The van der Waals surface area contributed by atoms with Gasteiger partial charge in [-0.1, -0.05) is 36.2 Å². The largest absolute Gasteiger partial charge is 0.307 e. The van der Waals surface area contributed by atoms with Gasteiger partial charge in [-0.15, -0.1) is 0 Å². The average Bonchev–Trinajstić information content (AvgIpc) is 2.91. The maximum atomic E-state index is 3.85. The summed E-state index contributed by atoms with van der Waals surface area (Å²) < 4.78 is 0. The number of nitrogens with one attached hydrogen (secondary N) is 1. The van der Waals surface area contributed by atoms with Crippen molar-refractivity contribution in [3.05, 3.63) is 35.4 Å². The summed E-state index contributed by atoms with van der Waals surface area (Å²) in [7, 11) is 0. The number of hydrogen-bond donors (Lipinski definition) is 1. The number of benzene rings is 1. The van der Waals surface area contributed by atoms with Crippen LogP contribution in [-0.2, 0) is 0 Å². The molecule has 0 spiro atoms. The molecule has 2 saturated carbocycles. The molecule has 2 fully saturated rings. The highest BCUT2D eigenvalue weighted by Gasteiger charge is 2.39. The predicted octanol–water partition coefficient (Wildman–Crippen LogP) is 3.83. The molecule has 1 heteroatoms. The lowest BCUT2D eigenvalue weighted by atomic mass is 9.94. The minimum atomic E-state index is 0.500. The third-order valence-electron chi connectivity index (χ3n) is 4.78. The van der Waals surface area contributed by atoms with Crippen molar-refractivity contribution in [1.29, 1.82) is 0 Å². The Kier molecular flexibility index (Phi) is 2.96. The Morgan fingerprint density at radius 2 is 1.88 bits per heavy atom. The van der Waals surface area contributed by atoms with Crippen LogP contribution in [0.3, 0.4) is 0 Å². The van der Waals surface area contributed by atoms with Gasteiger partial charge in [0.15, 0.2) is 0 Å². The molecule has 0 radical (unpaired) electrons. The molecule has 1 aromatic rings. The van der Waals surface area contributed by atoms with Crippen molar-refractivity contribution in [3.63, 3.8) is 0 Å². The monoisotopic (exact) mass is 229 g/mol. The van der Waals surface area contributed by atoms with Gasteiger partial charge in [0.1, 0.15) is 0 Å². The molecule has 4 atom stereocenters. The van der Waals surface area contributed by atoms with Crippen LogP contribution in [0.15, 0.2) is 24.3 Å². The first-order valence-electron chi connectivity index (χ1n) is 7.05. The molecule has 2 bridgehead atoms. The number of aryl methyl sites for hydroxylation is 1. The Labute approximate surface area is 105 Å². The van der Waals surface area contributed by atoms with Crippen molar-refractivity contribution in [2.75, 3.05) is 0 Å². The second-order valence-electron chi connectivity index (χ2n) is 6.08. The number of hydrogen-bond acceptors (Lipinski definition) is 1. The van der Waals surface area contributed by atoms with E-state index in [2.05, 4.69) is 43.4 Å². The molecule has 0 heterocycles. The van der Waals surface area contributed by atoms with Gasteiger partial charge < -0.3 is 5.32 Å². The average molecular weight is 229 g/mol. The van der Waals surface area contributed by atoms with E-state index in [-0.39, 0.29) is 0 Å². The predicted molar refractivity (Wildman–Crippen MR) is 72.0 cm³/mol. The van der Waals surface area contributed by atoms with Crippen molar-refractivity contribution in [2.24, 2.45) is 11.8 Å². The highest BCUT2D eigenvalue weighted by Crippen LogP contribution is 2.45. The van der Waals surface area contributed by atoms with Gasteiger partial charge in [-0.2, -0.15) is 0 Å². The Balaban J connectivity index is 1.63. The smallest absolute Gasteiger partial charge is 0.0294 e. The summed E-state index contributed by atoms with van der Waals surface area (Å²) in [6, 6.07) is 10.2. The lowest BCUT2D eigenvalue weighted by molar-refractivity contribution is 0.327. The van der Waals surface area contributed by atoms with E-state index in [1.54, 1.807) is 0 Å². The van der Waals surface area contributed by atoms with Gasteiger partial charge in [0, 0.05) is 12.1 Å². The van der Waals surface area contributed by atoms with Gasteiger partial charge in [-0.25, -0.2) is 0 Å². The Hall–Kier alpha value is -0.820. The molecule has 1 N–H and O–H groups in total. The maximum Gasteiger partial charge on any atom is 0.0294 e. The highest BCUT2D eigenvalue weighted by molar-refractivity contribution is 5.23. The Bertz CT molecular complexity index is 381. The van der Waals surface area contributed by atoms with Crippen molar-refractivity contribution in [2.45, 2.75) is 51.6 Å². The van der Waals surface area contributed by atoms with Crippen LogP contribution in [0, 0.1) is 18.8 Å². The van der Waals surface area contributed by atoms with Gasteiger partial charge >= 0.3 is 0 Å². The number of fused-ring (bicyclic) bond motifs is 2. The minimum Gasteiger partial charge on any atom is -0.307 e. The van der Waals surface area contributed by atoms with Crippen LogP contribution in [0.1, 0.15) is 49.8 Å². The SMILES string of the molecule is Cc1ccc(C(C)NC2CC3CCC2C3)cc1. The van der Waals surface area contributed by atoms with E-state index in [0.29, 0.717) is 6.04 Å². The summed E-state index contributed by atoms with van der Waals surface area (Å²) in [4.78, 5) is 0. The van der Waals surface area contributed by atoms with Gasteiger partial charge in [0.05, 0.1) is 0 Å². The molecule has 1 aromatic carbocycles. The van der Waals surface area contributed by atoms with E-state index in [0.717, 1.165) is 17.9 Å². The Morgan fingerprint density at radius 1 is 1.12 bits per heavy atom.